The van der Waals surface area contributed by atoms with Gasteiger partial charge in [-0.25, -0.2) is 0 Å². The van der Waals surface area contributed by atoms with Gasteiger partial charge in [-0.1, -0.05) is 18.2 Å². The Bertz CT molecular complexity index is 1150. The first-order valence-corrected chi connectivity index (χ1v) is 8.13. The molecule has 2 heterocycles. The number of alkyl halides is 3. The number of carbonyl (C=O) groups excluding carboxylic acids is 1. The fourth-order valence-electron chi connectivity index (χ4n) is 3.39. The van der Waals surface area contributed by atoms with Crippen molar-refractivity contribution in [3.63, 3.8) is 0 Å². The molecule has 0 spiro atoms. The summed E-state index contributed by atoms with van der Waals surface area (Å²) in [5.74, 6) is -1.43. The first-order chi connectivity index (χ1) is 12.8. The summed E-state index contributed by atoms with van der Waals surface area (Å²) < 4.78 is 39.9. The van der Waals surface area contributed by atoms with E-state index >= 15 is 0 Å². The number of aromatic nitrogens is 1. The van der Waals surface area contributed by atoms with E-state index in [-0.39, 0.29) is 5.69 Å². The van der Waals surface area contributed by atoms with Crippen molar-refractivity contribution < 1.29 is 23.1 Å². The molecule has 2 aromatic carbocycles. The van der Waals surface area contributed by atoms with Gasteiger partial charge in [0.15, 0.2) is 0 Å². The highest BCUT2D eigenvalue weighted by molar-refractivity contribution is 6.09. The maximum atomic E-state index is 12.8. The Morgan fingerprint density at radius 2 is 1.89 bits per heavy atom. The number of anilines is 1. The van der Waals surface area contributed by atoms with Crippen LogP contribution in [0.25, 0.3) is 10.9 Å². The van der Waals surface area contributed by atoms with Gasteiger partial charge in [-0.3, -0.25) is 9.59 Å². The first-order valence-electron chi connectivity index (χ1n) is 8.13. The number of aryl methyl sites for hydroxylation is 2. The second kappa shape index (κ2) is 5.87. The summed E-state index contributed by atoms with van der Waals surface area (Å²) >= 11 is 0. The van der Waals surface area contributed by atoms with Crippen LogP contribution in [-0.4, -0.2) is 15.6 Å². The molecule has 5 nitrogen and oxygen atoms in total. The Morgan fingerprint density at radius 3 is 2.63 bits per heavy atom. The minimum absolute atomic E-state index is 0.121. The molecule has 0 radical (unpaired) electrons. The van der Waals surface area contributed by atoms with Gasteiger partial charge in [0, 0.05) is 17.6 Å². The fraction of sp³-hybridized carbons (Fsp3) is 0.158. The number of amides is 1. The highest BCUT2D eigenvalue weighted by Crippen LogP contribution is 2.33. The molecule has 8 heteroatoms. The SMILES string of the molecule is O=C(Nc1cccc(C(F)(F)F)c1)c1c(O)c2cccc3c2n(c1=O)CC3. The van der Waals surface area contributed by atoms with Crippen molar-refractivity contribution in [2.75, 3.05) is 5.32 Å². The van der Waals surface area contributed by atoms with E-state index in [1.165, 1.54) is 10.6 Å². The first kappa shape index (κ1) is 17.1. The quantitative estimate of drug-likeness (QED) is 0.721. The van der Waals surface area contributed by atoms with E-state index in [0.29, 0.717) is 23.9 Å². The van der Waals surface area contributed by atoms with Gasteiger partial charge in [0.1, 0.15) is 11.3 Å². The van der Waals surface area contributed by atoms with E-state index in [1.54, 1.807) is 12.1 Å². The maximum absolute atomic E-state index is 12.8. The van der Waals surface area contributed by atoms with E-state index in [2.05, 4.69) is 5.32 Å². The summed E-state index contributed by atoms with van der Waals surface area (Å²) in [6.07, 6.45) is -3.96. The van der Waals surface area contributed by atoms with Crippen molar-refractivity contribution in [2.45, 2.75) is 19.1 Å². The number of hydrogen-bond acceptors (Lipinski definition) is 3. The summed E-state index contributed by atoms with van der Waals surface area (Å²) in [5, 5.41) is 13.1. The number of benzene rings is 2. The van der Waals surface area contributed by atoms with Crippen LogP contribution in [0.5, 0.6) is 5.75 Å². The second-order valence-corrected chi connectivity index (χ2v) is 6.28. The molecule has 0 saturated carbocycles. The van der Waals surface area contributed by atoms with E-state index in [4.69, 9.17) is 0 Å². The van der Waals surface area contributed by atoms with Gasteiger partial charge in [0.25, 0.3) is 11.5 Å². The lowest BCUT2D eigenvalue weighted by molar-refractivity contribution is -0.137. The molecule has 0 bridgehead atoms. The number of rotatable bonds is 2. The highest BCUT2D eigenvalue weighted by Gasteiger charge is 2.31. The number of nitrogens with one attached hydrogen (secondary N) is 1. The number of nitrogens with zero attached hydrogens (tertiary/aromatic N) is 1. The van der Waals surface area contributed by atoms with Crippen LogP contribution in [0.1, 0.15) is 21.5 Å². The summed E-state index contributed by atoms with van der Waals surface area (Å²) in [6, 6.07) is 9.22. The molecule has 4 rings (SSSR count). The van der Waals surface area contributed by atoms with Crippen molar-refractivity contribution >= 4 is 22.5 Å². The molecular weight excluding hydrogens is 361 g/mol. The van der Waals surface area contributed by atoms with Crippen LogP contribution in [0, 0.1) is 0 Å². The average Bonchev–Trinajstić information content (AvgIpc) is 3.04. The predicted octanol–water partition coefficient (Wildman–Crippen LogP) is 3.53. The smallest absolute Gasteiger partial charge is 0.416 e. The van der Waals surface area contributed by atoms with Crippen LogP contribution in [0.3, 0.4) is 0 Å². The Hall–Kier alpha value is -3.29. The minimum Gasteiger partial charge on any atom is -0.506 e. The molecule has 0 unspecified atom stereocenters. The van der Waals surface area contributed by atoms with Crippen LogP contribution in [0.4, 0.5) is 18.9 Å². The third-order valence-electron chi connectivity index (χ3n) is 4.62. The van der Waals surface area contributed by atoms with Crippen molar-refractivity contribution in [3.05, 3.63) is 69.5 Å². The summed E-state index contributed by atoms with van der Waals surface area (Å²) in [5.41, 5.74) is -0.736. The maximum Gasteiger partial charge on any atom is 0.416 e. The monoisotopic (exact) mass is 374 g/mol. The van der Waals surface area contributed by atoms with Crippen LogP contribution in [0.15, 0.2) is 47.3 Å². The van der Waals surface area contributed by atoms with E-state index in [0.717, 1.165) is 23.8 Å². The van der Waals surface area contributed by atoms with Gasteiger partial charge in [0.2, 0.25) is 0 Å². The van der Waals surface area contributed by atoms with Crippen LogP contribution < -0.4 is 10.9 Å². The normalized spacial score (nSPS) is 13.1. The standard InChI is InChI=1S/C19H13F3N2O3/c20-19(21,22)11-4-2-5-12(9-11)23-17(26)14-16(25)13-6-1-3-10-7-8-24(15(10)13)18(14)27/h1-6,9,25H,7-8H2,(H,23,26). The van der Waals surface area contributed by atoms with E-state index in [9.17, 15) is 27.9 Å². The third-order valence-corrected chi connectivity index (χ3v) is 4.62. The van der Waals surface area contributed by atoms with E-state index < -0.39 is 34.5 Å². The lowest BCUT2D eigenvalue weighted by atomic mass is 10.1. The molecule has 1 aliphatic rings. The number of halogens is 3. The Morgan fingerprint density at radius 1 is 1.15 bits per heavy atom. The average molecular weight is 374 g/mol. The molecular formula is C19H13F3N2O3. The molecule has 1 aliphatic heterocycles. The van der Waals surface area contributed by atoms with Crippen LogP contribution in [-0.2, 0) is 19.1 Å². The Labute approximate surface area is 150 Å². The third kappa shape index (κ3) is 2.73. The van der Waals surface area contributed by atoms with Gasteiger partial charge in [0.05, 0.1) is 11.1 Å². The molecule has 2 N–H and O–H groups in total. The minimum atomic E-state index is -4.56. The zero-order valence-corrected chi connectivity index (χ0v) is 13.8. The molecule has 0 saturated heterocycles. The molecule has 1 amide bonds. The van der Waals surface area contributed by atoms with Crippen LogP contribution >= 0.6 is 0 Å². The molecule has 138 valence electrons. The number of pyridine rings is 1. The van der Waals surface area contributed by atoms with Gasteiger partial charge in [-0.2, -0.15) is 13.2 Å². The molecule has 0 atom stereocenters. The second-order valence-electron chi connectivity index (χ2n) is 6.28. The van der Waals surface area contributed by atoms with E-state index in [1.807, 2.05) is 6.07 Å². The molecule has 3 aromatic rings. The topological polar surface area (TPSA) is 71.3 Å². The Kier molecular flexibility index (Phi) is 3.73. The Balaban J connectivity index is 1.78. The van der Waals surface area contributed by atoms with Gasteiger partial charge >= 0.3 is 6.18 Å². The van der Waals surface area contributed by atoms with Crippen molar-refractivity contribution in [1.82, 2.24) is 4.57 Å². The van der Waals surface area contributed by atoms with Gasteiger partial charge < -0.3 is 15.0 Å². The lowest BCUT2D eigenvalue weighted by Gasteiger charge is -2.13. The van der Waals surface area contributed by atoms with Crippen molar-refractivity contribution in [2.24, 2.45) is 0 Å². The molecule has 0 fully saturated rings. The lowest BCUT2D eigenvalue weighted by Crippen LogP contribution is -2.28. The largest absolute Gasteiger partial charge is 0.506 e. The van der Waals surface area contributed by atoms with Crippen molar-refractivity contribution in [1.29, 1.82) is 0 Å². The number of carbonyl (C=O) groups is 1. The van der Waals surface area contributed by atoms with Crippen molar-refractivity contribution in [3.8, 4) is 5.75 Å². The zero-order chi connectivity index (χ0) is 19.3. The highest BCUT2D eigenvalue weighted by atomic mass is 19.4. The molecule has 1 aromatic heterocycles. The van der Waals surface area contributed by atoms with Gasteiger partial charge in [-0.15, -0.1) is 0 Å². The summed E-state index contributed by atoms with van der Waals surface area (Å²) in [4.78, 5) is 25.3. The zero-order valence-electron chi connectivity index (χ0n) is 13.8. The summed E-state index contributed by atoms with van der Waals surface area (Å²) in [6.45, 7) is 0.374. The molecule has 0 aliphatic carbocycles. The van der Waals surface area contributed by atoms with Crippen LogP contribution in [0.2, 0.25) is 0 Å². The number of aromatic hydroxyl groups is 1. The fourth-order valence-corrected chi connectivity index (χ4v) is 3.39. The summed E-state index contributed by atoms with van der Waals surface area (Å²) in [7, 11) is 0. The molecule has 27 heavy (non-hydrogen) atoms. The predicted molar refractivity (Wildman–Crippen MR) is 93.0 cm³/mol. The van der Waals surface area contributed by atoms with Gasteiger partial charge in [-0.05, 0) is 36.2 Å². The number of para-hydroxylation sites is 1. The number of hydrogen-bond donors (Lipinski definition) is 2.